The number of nitrogens with zero attached hydrogens (tertiary/aromatic N) is 2. The Hall–Kier alpha value is -3.67. The maximum absolute atomic E-state index is 13.9. The molecule has 0 unspecified atom stereocenters. The van der Waals surface area contributed by atoms with Gasteiger partial charge in [-0.1, -0.05) is 54.5 Å². The molecule has 1 heterocycles. The van der Waals surface area contributed by atoms with Crippen LogP contribution in [0.15, 0.2) is 59.5 Å². The summed E-state index contributed by atoms with van der Waals surface area (Å²) in [6.07, 6.45) is 5.26. The van der Waals surface area contributed by atoms with Crippen molar-refractivity contribution in [1.29, 1.82) is 0 Å². The van der Waals surface area contributed by atoms with Gasteiger partial charge in [0.1, 0.15) is 11.5 Å². The minimum atomic E-state index is -4.90. The number of amides is 1. The van der Waals surface area contributed by atoms with Crippen LogP contribution in [0.2, 0.25) is 0 Å². The van der Waals surface area contributed by atoms with Crippen LogP contribution in [0.5, 0.6) is 0 Å². The van der Waals surface area contributed by atoms with Crippen LogP contribution in [0.1, 0.15) is 39.3 Å². The molecule has 0 saturated carbocycles. The second-order valence-electron chi connectivity index (χ2n) is 9.81. The molecule has 1 aliphatic carbocycles. The maximum atomic E-state index is 13.9. The predicted molar refractivity (Wildman–Crippen MR) is 144 cm³/mol. The SMILES string of the molecule is C#Cc1c(C)c(CN2CCN(C(=O)OCC3c4ccccc4-c4ccccc43)CC2)cc(S(=O)(=O)F)c1C. The third-order valence-corrected chi connectivity index (χ3v) is 8.62. The molecule has 38 heavy (non-hydrogen) atoms. The quantitative estimate of drug-likeness (QED) is 0.341. The van der Waals surface area contributed by atoms with Gasteiger partial charge in [-0.2, -0.15) is 8.42 Å². The summed E-state index contributed by atoms with van der Waals surface area (Å²) in [5.41, 5.74) is 6.77. The normalized spacial score (nSPS) is 15.6. The summed E-state index contributed by atoms with van der Waals surface area (Å²) in [7, 11) is -4.90. The van der Waals surface area contributed by atoms with Gasteiger partial charge in [0.05, 0.1) is 0 Å². The number of terminal acetylenes is 1. The van der Waals surface area contributed by atoms with Crippen molar-refractivity contribution < 1.29 is 21.8 Å². The minimum Gasteiger partial charge on any atom is -0.448 e. The van der Waals surface area contributed by atoms with Crippen LogP contribution in [0, 0.1) is 26.2 Å². The number of benzene rings is 3. The summed E-state index contributed by atoms with van der Waals surface area (Å²) in [6, 6.07) is 17.8. The molecule has 2 aliphatic rings. The van der Waals surface area contributed by atoms with E-state index in [2.05, 4.69) is 35.1 Å². The molecule has 0 spiro atoms. The van der Waals surface area contributed by atoms with Crippen molar-refractivity contribution in [3.05, 3.63) is 88.0 Å². The third-order valence-electron chi connectivity index (χ3n) is 7.67. The molecule has 3 aromatic carbocycles. The van der Waals surface area contributed by atoms with Gasteiger partial charge in [0.15, 0.2) is 0 Å². The zero-order valence-electron chi connectivity index (χ0n) is 21.4. The van der Waals surface area contributed by atoms with Crippen molar-refractivity contribution in [3.63, 3.8) is 0 Å². The van der Waals surface area contributed by atoms with Gasteiger partial charge in [-0.05, 0) is 58.9 Å². The maximum Gasteiger partial charge on any atom is 0.409 e. The summed E-state index contributed by atoms with van der Waals surface area (Å²) in [5.74, 6) is 2.51. The molecule has 196 valence electrons. The number of hydrogen-bond acceptors (Lipinski definition) is 5. The van der Waals surface area contributed by atoms with Gasteiger partial charge < -0.3 is 9.64 Å². The van der Waals surface area contributed by atoms with E-state index in [1.54, 1.807) is 4.90 Å². The fourth-order valence-corrected chi connectivity index (χ4v) is 6.34. The topological polar surface area (TPSA) is 66.9 Å². The van der Waals surface area contributed by atoms with Crippen LogP contribution < -0.4 is 0 Å². The summed E-state index contributed by atoms with van der Waals surface area (Å²) in [6.45, 7) is 6.09. The molecule has 3 aromatic rings. The lowest BCUT2D eigenvalue weighted by atomic mass is 9.97. The molecule has 0 N–H and O–H groups in total. The van der Waals surface area contributed by atoms with Crippen molar-refractivity contribution in [2.45, 2.75) is 31.2 Å². The number of piperazine rings is 1. The lowest BCUT2D eigenvalue weighted by Gasteiger charge is -2.34. The number of carbonyl (C=O) groups excluding carboxylic acids is 1. The molecule has 1 saturated heterocycles. The Morgan fingerprint density at radius 2 is 1.58 bits per heavy atom. The molecule has 8 heteroatoms. The van der Waals surface area contributed by atoms with E-state index in [1.165, 1.54) is 35.2 Å². The Kier molecular flexibility index (Phi) is 6.99. The third kappa shape index (κ3) is 4.80. The van der Waals surface area contributed by atoms with Crippen LogP contribution >= 0.6 is 0 Å². The second kappa shape index (κ2) is 10.2. The molecule has 1 fully saturated rings. The Labute approximate surface area is 223 Å². The van der Waals surface area contributed by atoms with Gasteiger partial charge in [-0.25, -0.2) is 4.79 Å². The first kappa shape index (κ1) is 26.0. The van der Waals surface area contributed by atoms with E-state index in [1.807, 2.05) is 31.2 Å². The highest BCUT2D eigenvalue weighted by molar-refractivity contribution is 7.86. The first-order valence-electron chi connectivity index (χ1n) is 12.6. The minimum absolute atomic E-state index is 0.00322. The smallest absolute Gasteiger partial charge is 0.409 e. The van der Waals surface area contributed by atoms with Crippen LogP contribution in [0.25, 0.3) is 11.1 Å². The molecule has 0 bridgehead atoms. The van der Waals surface area contributed by atoms with Crippen LogP contribution in [0.4, 0.5) is 8.68 Å². The van der Waals surface area contributed by atoms with Crippen molar-refractivity contribution in [2.24, 2.45) is 0 Å². The van der Waals surface area contributed by atoms with E-state index in [4.69, 9.17) is 11.2 Å². The molecule has 5 rings (SSSR count). The molecule has 1 amide bonds. The molecule has 1 aliphatic heterocycles. The zero-order chi connectivity index (χ0) is 27.0. The van der Waals surface area contributed by atoms with Gasteiger partial charge in [0, 0.05) is 44.2 Å². The van der Waals surface area contributed by atoms with Gasteiger partial charge in [-0.15, -0.1) is 10.3 Å². The molecular formula is C30H29FN2O4S. The van der Waals surface area contributed by atoms with Gasteiger partial charge in [0.2, 0.25) is 0 Å². The number of fused-ring (bicyclic) bond motifs is 3. The number of rotatable bonds is 5. The fraction of sp³-hybridized carbons (Fsp3) is 0.300. The van der Waals surface area contributed by atoms with E-state index in [-0.39, 0.29) is 29.1 Å². The molecule has 6 nitrogen and oxygen atoms in total. The summed E-state index contributed by atoms with van der Waals surface area (Å²) in [5, 5.41) is 0. The number of carbonyl (C=O) groups is 1. The average Bonchev–Trinajstić information content (AvgIpc) is 3.22. The van der Waals surface area contributed by atoms with Crippen LogP contribution in [0.3, 0.4) is 0 Å². The Morgan fingerprint density at radius 1 is 1.00 bits per heavy atom. The Balaban J connectivity index is 1.22. The second-order valence-corrected chi connectivity index (χ2v) is 11.1. The first-order chi connectivity index (χ1) is 18.2. The standard InChI is InChI=1S/C30H29FN2O4S/c1-4-23-20(2)22(17-29(21(23)3)38(31,35)36)18-32-13-15-33(16-14-32)30(34)37-19-28-26-11-7-5-9-24(26)25-10-6-8-12-27(25)28/h1,5-12,17,28H,13-16,18-19H2,2-3H3. The highest BCUT2D eigenvalue weighted by Crippen LogP contribution is 2.44. The predicted octanol–water partition coefficient (Wildman–Crippen LogP) is 5.01. The fourth-order valence-electron chi connectivity index (χ4n) is 5.59. The van der Waals surface area contributed by atoms with Crippen LogP contribution in [-0.4, -0.2) is 57.1 Å². The average molecular weight is 533 g/mol. The van der Waals surface area contributed by atoms with E-state index >= 15 is 0 Å². The lowest BCUT2D eigenvalue weighted by Crippen LogP contribution is -2.48. The van der Waals surface area contributed by atoms with Gasteiger partial charge in [0.25, 0.3) is 0 Å². The van der Waals surface area contributed by atoms with Crippen molar-refractivity contribution in [2.75, 3.05) is 32.8 Å². The Morgan fingerprint density at radius 3 is 2.13 bits per heavy atom. The first-order valence-corrected chi connectivity index (χ1v) is 13.9. The van der Waals surface area contributed by atoms with Gasteiger partial charge >= 0.3 is 16.3 Å². The van der Waals surface area contributed by atoms with Gasteiger partial charge in [-0.3, -0.25) is 4.90 Å². The van der Waals surface area contributed by atoms with E-state index in [0.717, 1.165) is 5.56 Å². The summed E-state index contributed by atoms with van der Waals surface area (Å²) in [4.78, 5) is 16.3. The largest absolute Gasteiger partial charge is 0.448 e. The highest BCUT2D eigenvalue weighted by Gasteiger charge is 2.30. The number of ether oxygens (including phenoxy) is 1. The monoisotopic (exact) mass is 532 g/mol. The van der Waals surface area contributed by atoms with Crippen molar-refractivity contribution in [1.82, 2.24) is 9.80 Å². The van der Waals surface area contributed by atoms with Crippen LogP contribution in [-0.2, 0) is 21.5 Å². The molecule has 0 radical (unpaired) electrons. The number of halogens is 1. The number of hydrogen-bond donors (Lipinski definition) is 0. The Bertz CT molecular complexity index is 1510. The summed E-state index contributed by atoms with van der Waals surface area (Å²) < 4.78 is 43.1. The lowest BCUT2D eigenvalue weighted by molar-refractivity contribution is 0.0728. The van der Waals surface area contributed by atoms with E-state index in [9.17, 15) is 17.1 Å². The van der Waals surface area contributed by atoms with Crippen molar-refractivity contribution in [3.8, 4) is 23.5 Å². The van der Waals surface area contributed by atoms with E-state index in [0.29, 0.717) is 43.9 Å². The molecule has 0 atom stereocenters. The van der Waals surface area contributed by atoms with Crippen molar-refractivity contribution >= 4 is 16.3 Å². The highest BCUT2D eigenvalue weighted by atomic mass is 32.3. The molecule has 0 aromatic heterocycles. The van der Waals surface area contributed by atoms with E-state index < -0.39 is 10.2 Å². The summed E-state index contributed by atoms with van der Waals surface area (Å²) >= 11 is 0. The zero-order valence-corrected chi connectivity index (χ0v) is 22.2. The molecular weight excluding hydrogens is 503 g/mol.